The summed E-state index contributed by atoms with van der Waals surface area (Å²) in [6, 6.07) is 9.44. The average Bonchev–Trinajstić information content (AvgIpc) is 2.37. The van der Waals surface area contributed by atoms with Crippen LogP contribution >= 0.6 is 11.8 Å². The molecular formula is C14H17N3OS. The maximum Gasteiger partial charge on any atom is 0.123 e. The van der Waals surface area contributed by atoms with Crippen molar-refractivity contribution in [1.29, 1.82) is 5.41 Å². The summed E-state index contributed by atoms with van der Waals surface area (Å²) in [6.45, 7) is 3.70. The minimum atomic E-state index is -0.418. The standard InChI is InChI=1S/C14H17N3OS/c1-8(18)9(2)19-13-7-11(14(15)16)10-5-3-4-6-12(10)17-13/h3-9,18H,1-2H3,(H3,15,16). The molecule has 0 aliphatic rings. The summed E-state index contributed by atoms with van der Waals surface area (Å²) in [4.78, 5) is 4.54. The maximum absolute atomic E-state index is 9.56. The van der Waals surface area contributed by atoms with Crippen LogP contribution in [0.3, 0.4) is 0 Å². The van der Waals surface area contributed by atoms with E-state index in [1.54, 1.807) is 6.92 Å². The lowest BCUT2D eigenvalue weighted by Crippen LogP contribution is -2.16. The highest BCUT2D eigenvalue weighted by molar-refractivity contribution is 7.99. The summed E-state index contributed by atoms with van der Waals surface area (Å²) in [5, 5.41) is 18.9. The molecule has 1 aromatic carbocycles. The molecule has 0 saturated carbocycles. The van der Waals surface area contributed by atoms with Gasteiger partial charge in [-0.25, -0.2) is 4.98 Å². The molecule has 0 radical (unpaired) electrons. The highest BCUT2D eigenvalue weighted by atomic mass is 32.2. The zero-order valence-corrected chi connectivity index (χ0v) is 11.7. The lowest BCUT2D eigenvalue weighted by atomic mass is 10.1. The van der Waals surface area contributed by atoms with E-state index < -0.39 is 6.10 Å². The van der Waals surface area contributed by atoms with Gasteiger partial charge in [-0.1, -0.05) is 25.1 Å². The molecule has 0 amide bonds. The molecular weight excluding hydrogens is 258 g/mol. The molecule has 2 rings (SSSR count). The number of nitrogens with zero attached hydrogens (tertiary/aromatic N) is 1. The Balaban J connectivity index is 2.49. The number of aliphatic hydroxyl groups is 1. The molecule has 1 aromatic heterocycles. The summed E-state index contributed by atoms with van der Waals surface area (Å²) in [5.74, 6) is 0.0325. The Hall–Kier alpha value is -1.59. The van der Waals surface area contributed by atoms with Gasteiger partial charge in [-0.2, -0.15) is 0 Å². The summed E-state index contributed by atoms with van der Waals surface area (Å²) < 4.78 is 0. The molecule has 4 nitrogen and oxygen atoms in total. The molecule has 0 aliphatic heterocycles. The van der Waals surface area contributed by atoms with Crippen molar-refractivity contribution in [2.24, 2.45) is 5.73 Å². The smallest absolute Gasteiger partial charge is 0.123 e. The zero-order chi connectivity index (χ0) is 14.0. The van der Waals surface area contributed by atoms with Gasteiger partial charge in [0.15, 0.2) is 0 Å². The van der Waals surface area contributed by atoms with Crippen LogP contribution in [-0.4, -0.2) is 27.3 Å². The van der Waals surface area contributed by atoms with Gasteiger partial charge in [0.1, 0.15) is 5.84 Å². The maximum atomic E-state index is 9.56. The third-order valence-corrected chi connectivity index (χ3v) is 4.19. The Bertz CT molecular complexity index is 613. The fourth-order valence-electron chi connectivity index (χ4n) is 1.72. The first-order valence-corrected chi connectivity index (χ1v) is 6.96. The number of aromatic nitrogens is 1. The number of nitrogens with two attached hydrogens (primary N) is 1. The molecule has 2 aromatic rings. The minimum Gasteiger partial charge on any atom is -0.392 e. The first-order valence-electron chi connectivity index (χ1n) is 6.08. The zero-order valence-electron chi connectivity index (χ0n) is 10.9. The van der Waals surface area contributed by atoms with Crippen molar-refractivity contribution >= 4 is 28.5 Å². The molecule has 0 aliphatic carbocycles. The second-order valence-electron chi connectivity index (χ2n) is 4.50. The van der Waals surface area contributed by atoms with E-state index >= 15 is 0 Å². The van der Waals surface area contributed by atoms with Gasteiger partial charge in [0, 0.05) is 16.2 Å². The fraction of sp³-hybridized carbons (Fsp3) is 0.286. The molecule has 1 heterocycles. The molecule has 5 heteroatoms. The van der Waals surface area contributed by atoms with Gasteiger partial charge in [0.05, 0.1) is 16.6 Å². The van der Waals surface area contributed by atoms with Gasteiger partial charge in [0.2, 0.25) is 0 Å². The van der Waals surface area contributed by atoms with E-state index in [0.717, 1.165) is 15.9 Å². The molecule has 2 atom stereocenters. The van der Waals surface area contributed by atoms with Crippen LogP contribution < -0.4 is 5.73 Å². The highest BCUT2D eigenvalue weighted by Gasteiger charge is 2.14. The summed E-state index contributed by atoms with van der Waals surface area (Å²) >= 11 is 1.48. The van der Waals surface area contributed by atoms with Crippen LogP contribution in [0.1, 0.15) is 19.4 Å². The number of fused-ring (bicyclic) bond motifs is 1. The van der Waals surface area contributed by atoms with Crippen LogP contribution in [0, 0.1) is 5.41 Å². The van der Waals surface area contributed by atoms with Crippen LogP contribution in [0.15, 0.2) is 35.4 Å². The van der Waals surface area contributed by atoms with E-state index in [4.69, 9.17) is 11.1 Å². The predicted octanol–water partition coefficient (Wildman–Crippen LogP) is 2.38. The van der Waals surface area contributed by atoms with E-state index in [9.17, 15) is 5.11 Å². The van der Waals surface area contributed by atoms with Gasteiger partial charge in [0.25, 0.3) is 0 Å². The van der Waals surface area contributed by atoms with Crippen molar-refractivity contribution < 1.29 is 5.11 Å². The number of aliphatic hydroxyl groups excluding tert-OH is 1. The van der Waals surface area contributed by atoms with Crippen LogP contribution in [-0.2, 0) is 0 Å². The number of nitrogens with one attached hydrogen (secondary N) is 1. The number of nitrogen functional groups attached to an aromatic ring is 1. The first-order chi connectivity index (χ1) is 8.99. The lowest BCUT2D eigenvalue weighted by Gasteiger charge is -2.14. The van der Waals surface area contributed by atoms with Crippen molar-refractivity contribution in [3.05, 3.63) is 35.9 Å². The third-order valence-electron chi connectivity index (χ3n) is 2.97. The van der Waals surface area contributed by atoms with Crippen molar-refractivity contribution in [2.75, 3.05) is 0 Å². The van der Waals surface area contributed by atoms with Crippen molar-refractivity contribution in [3.8, 4) is 0 Å². The summed E-state index contributed by atoms with van der Waals surface area (Å²) in [7, 11) is 0. The van der Waals surface area contributed by atoms with E-state index in [2.05, 4.69) is 4.98 Å². The normalized spacial score (nSPS) is 14.3. The molecule has 0 bridgehead atoms. The first kappa shape index (κ1) is 13.8. The van der Waals surface area contributed by atoms with E-state index in [-0.39, 0.29) is 11.1 Å². The van der Waals surface area contributed by atoms with Crippen LogP contribution in [0.25, 0.3) is 10.9 Å². The topological polar surface area (TPSA) is 83.0 Å². The van der Waals surface area contributed by atoms with Crippen LogP contribution in [0.4, 0.5) is 0 Å². The van der Waals surface area contributed by atoms with E-state index in [1.807, 2.05) is 37.3 Å². The van der Waals surface area contributed by atoms with Crippen LogP contribution in [0.5, 0.6) is 0 Å². The number of hydrogen-bond acceptors (Lipinski definition) is 4. The quantitative estimate of drug-likeness (QED) is 0.454. The summed E-state index contributed by atoms with van der Waals surface area (Å²) in [6.07, 6.45) is -0.418. The van der Waals surface area contributed by atoms with Crippen molar-refractivity contribution in [3.63, 3.8) is 0 Å². The number of rotatable bonds is 4. The largest absolute Gasteiger partial charge is 0.392 e. The number of para-hydroxylation sites is 1. The van der Waals surface area contributed by atoms with Gasteiger partial charge < -0.3 is 10.8 Å². The Labute approximate surface area is 116 Å². The lowest BCUT2D eigenvalue weighted by molar-refractivity contribution is 0.196. The van der Waals surface area contributed by atoms with E-state index in [0.29, 0.717) is 5.56 Å². The monoisotopic (exact) mass is 275 g/mol. The molecule has 100 valence electrons. The molecule has 0 spiro atoms. The van der Waals surface area contributed by atoms with Crippen molar-refractivity contribution in [2.45, 2.75) is 30.2 Å². The second-order valence-corrected chi connectivity index (χ2v) is 5.90. The molecule has 2 unspecified atom stereocenters. The van der Waals surface area contributed by atoms with Gasteiger partial charge in [-0.15, -0.1) is 11.8 Å². The van der Waals surface area contributed by atoms with E-state index in [1.165, 1.54) is 11.8 Å². The number of benzene rings is 1. The third kappa shape index (κ3) is 3.05. The summed E-state index contributed by atoms with van der Waals surface area (Å²) in [5.41, 5.74) is 7.14. The predicted molar refractivity (Wildman–Crippen MR) is 79.8 cm³/mol. The average molecular weight is 275 g/mol. The van der Waals surface area contributed by atoms with Gasteiger partial charge >= 0.3 is 0 Å². The highest BCUT2D eigenvalue weighted by Crippen LogP contribution is 2.27. The number of pyridine rings is 1. The molecule has 0 fully saturated rings. The molecule has 19 heavy (non-hydrogen) atoms. The van der Waals surface area contributed by atoms with Crippen molar-refractivity contribution in [1.82, 2.24) is 4.98 Å². The Morgan fingerprint density at radius 2 is 2.05 bits per heavy atom. The SMILES string of the molecule is CC(O)C(C)Sc1cc(C(=N)N)c2ccccc2n1. The number of thioether (sulfide) groups is 1. The fourth-order valence-corrected chi connectivity index (χ4v) is 2.64. The number of amidine groups is 1. The Morgan fingerprint density at radius 1 is 1.37 bits per heavy atom. The Kier molecular flexibility index (Phi) is 4.07. The van der Waals surface area contributed by atoms with Gasteiger partial charge in [-0.05, 0) is 19.1 Å². The molecule has 0 saturated heterocycles. The molecule has 4 N–H and O–H groups in total. The Morgan fingerprint density at radius 3 is 2.68 bits per heavy atom. The van der Waals surface area contributed by atoms with Gasteiger partial charge in [-0.3, -0.25) is 5.41 Å². The van der Waals surface area contributed by atoms with Crippen LogP contribution in [0.2, 0.25) is 0 Å². The minimum absolute atomic E-state index is 0.0325. The second kappa shape index (κ2) is 5.59. The number of hydrogen-bond donors (Lipinski definition) is 3.